The predicted octanol–water partition coefficient (Wildman–Crippen LogP) is 4.22. The molecule has 1 atom stereocenters. The highest BCUT2D eigenvalue weighted by Crippen LogP contribution is 2.32. The average molecular weight is 370 g/mol. The van der Waals surface area contributed by atoms with Crippen LogP contribution in [0.15, 0.2) is 42.5 Å². The molecule has 2 aromatic rings. The number of thiocarbonyl (C=S) groups is 1. The highest BCUT2D eigenvalue weighted by molar-refractivity contribution is 7.80. The Morgan fingerprint density at radius 3 is 2.73 bits per heavy atom. The van der Waals surface area contributed by atoms with Crippen LogP contribution in [0.25, 0.3) is 0 Å². The van der Waals surface area contributed by atoms with Crippen molar-refractivity contribution in [2.45, 2.75) is 26.9 Å². The van der Waals surface area contributed by atoms with Gasteiger partial charge < -0.3 is 19.9 Å². The lowest BCUT2D eigenvalue weighted by Crippen LogP contribution is -2.47. The SMILES string of the molecule is CCN1C[C@@H](CN(C)C(=S)Nc2ccc(C)c(C)c2)Oc2ccccc21. The lowest BCUT2D eigenvalue weighted by Gasteiger charge is -2.37. The van der Waals surface area contributed by atoms with E-state index in [-0.39, 0.29) is 6.10 Å². The molecule has 0 saturated carbocycles. The largest absolute Gasteiger partial charge is 0.485 e. The maximum absolute atomic E-state index is 6.20. The summed E-state index contributed by atoms with van der Waals surface area (Å²) in [5, 5.41) is 4.04. The van der Waals surface area contributed by atoms with Crippen molar-refractivity contribution in [1.82, 2.24) is 4.90 Å². The van der Waals surface area contributed by atoms with E-state index in [1.807, 2.05) is 19.2 Å². The van der Waals surface area contributed by atoms with Crippen LogP contribution in [0.1, 0.15) is 18.1 Å². The monoisotopic (exact) mass is 369 g/mol. The topological polar surface area (TPSA) is 27.7 Å². The normalized spacial score (nSPS) is 15.8. The number of aryl methyl sites for hydroxylation is 2. The summed E-state index contributed by atoms with van der Waals surface area (Å²) in [4.78, 5) is 4.41. The van der Waals surface area contributed by atoms with Gasteiger partial charge in [-0.25, -0.2) is 0 Å². The first kappa shape index (κ1) is 18.5. The lowest BCUT2D eigenvalue weighted by atomic mass is 10.1. The quantitative estimate of drug-likeness (QED) is 0.815. The van der Waals surface area contributed by atoms with E-state index in [4.69, 9.17) is 17.0 Å². The fourth-order valence-electron chi connectivity index (χ4n) is 3.20. The third-order valence-corrected chi connectivity index (χ3v) is 5.30. The average Bonchev–Trinajstić information content (AvgIpc) is 2.64. The molecule has 0 saturated heterocycles. The zero-order valence-corrected chi connectivity index (χ0v) is 16.8. The predicted molar refractivity (Wildman–Crippen MR) is 114 cm³/mol. The minimum absolute atomic E-state index is 0.0781. The summed E-state index contributed by atoms with van der Waals surface area (Å²) in [6, 6.07) is 14.5. The molecule has 5 heteroatoms. The Labute approximate surface area is 161 Å². The summed E-state index contributed by atoms with van der Waals surface area (Å²) < 4.78 is 6.20. The molecule has 4 nitrogen and oxygen atoms in total. The molecule has 0 aliphatic carbocycles. The molecule has 0 aromatic heterocycles. The van der Waals surface area contributed by atoms with Crippen molar-refractivity contribution >= 4 is 28.7 Å². The van der Waals surface area contributed by atoms with E-state index in [0.29, 0.717) is 5.11 Å². The third kappa shape index (κ3) is 4.10. The number of nitrogens with zero attached hydrogens (tertiary/aromatic N) is 2. The number of benzene rings is 2. The minimum atomic E-state index is 0.0781. The molecule has 26 heavy (non-hydrogen) atoms. The second-order valence-electron chi connectivity index (χ2n) is 6.86. The Morgan fingerprint density at radius 2 is 2.00 bits per heavy atom. The third-order valence-electron chi connectivity index (χ3n) is 4.89. The van der Waals surface area contributed by atoms with Crippen LogP contribution in [0.4, 0.5) is 11.4 Å². The molecule has 0 unspecified atom stereocenters. The second kappa shape index (κ2) is 7.96. The van der Waals surface area contributed by atoms with Crippen LogP contribution in [0, 0.1) is 13.8 Å². The molecular formula is C21H27N3OS. The van der Waals surface area contributed by atoms with Gasteiger partial charge in [-0.15, -0.1) is 0 Å². The molecule has 3 rings (SSSR count). The summed E-state index contributed by atoms with van der Waals surface area (Å²) in [6.45, 7) is 8.97. The van der Waals surface area contributed by atoms with Gasteiger partial charge in [0.15, 0.2) is 5.11 Å². The maximum atomic E-state index is 6.20. The zero-order valence-electron chi connectivity index (χ0n) is 16.0. The van der Waals surface area contributed by atoms with Crippen molar-refractivity contribution in [2.24, 2.45) is 0 Å². The van der Waals surface area contributed by atoms with Crippen molar-refractivity contribution < 1.29 is 4.74 Å². The molecule has 0 spiro atoms. The molecule has 0 radical (unpaired) electrons. The summed E-state index contributed by atoms with van der Waals surface area (Å²) in [5.74, 6) is 0.951. The smallest absolute Gasteiger partial charge is 0.173 e. The first-order chi connectivity index (χ1) is 12.5. The molecule has 1 heterocycles. The van der Waals surface area contributed by atoms with Gasteiger partial charge in [-0.3, -0.25) is 0 Å². The highest BCUT2D eigenvalue weighted by atomic mass is 32.1. The van der Waals surface area contributed by atoms with Gasteiger partial charge in [0, 0.05) is 19.3 Å². The van der Waals surface area contributed by atoms with E-state index < -0.39 is 0 Å². The number of hydrogen-bond donors (Lipinski definition) is 1. The van der Waals surface area contributed by atoms with E-state index in [1.165, 1.54) is 16.8 Å². The number of fused-ring (bicyclic) bond motifs is 1. The first-order valence-corrected chi connectivity index (χ1v) is 9.48. The summed E-state index contributed by atoms with van der Waals surface area (Å²) in [6.07, 6.45) is 0.0781. The van der Waals surface area contributed by atoms with Crippen LogP contribution in [0.2, 0.25) is 0 Å². The molecule has 0 amide bonds. The van der Waals surface area contributed by atoms with E-state index in [2.05, 4.69) is 66.2 Å². The molecule has 138 valence electrons. The van der Waals surface area contributed by atoms with Crippen LogP contribution < -0.4 is 15.0 Å². The first-order valence-electron chi connectivity index (χ1n) is 9.08. The van der Waals surface area contributed by atoms with Crippen LogP contribution in [-0.4, -0.2) is 42.8 Å². The van der Waals surface area contributed by atoms with Gasteiger partial charge in [-0.05, 0) is 68.4 Å². The zero-order chi connectivity index (χ0) is 18.7. The Morgan fingerprint density at radius 1 is 1.23 bits per heavy atom. The van der Waals surface area contributed by atoms with Crippen molar-refractivity contribution in [3.63, 3.8) is 0 Å². The van der Waals surface area contributed by atoms with Gasteiger partial charge in [0.05, 0.1) is 18.8 Å². The van der Waals surface area contributed by atoms with E-state index in [1.54, 1.807) is 0 Å². The number of ether oxygens (including phenoxy) is 1. The van der Waals surface area contributed by atoms with Crippen LogP contribution in [0.3, 0.4) is 0 Å². The Bertz CT molecular complexity index is 793. The Hall–Kier alpha value is -2.27. The van der Waals surface area contributed by atoms with Gasteiger partial charge in [0.25, 0.3) is 0 Å². The lowest BCUT2D eigenvalue weighted by molar-refractivity contribution is 0.169. The van der Waals surface area contributed by atoms with Crippen molar-refractivity contribution in [1.29, 1.82) is 0 Å². The van der Waals surface area contributed by atoms with Crippen LogP contribution in [0.5, 0.6) is 5.75 Å². The van der Waals surface area contributed by atoms with Gasteiger partial charge in [0.2, 0.25) is 0 Å². The van der Waals surface area contributed by atoms with Gasteiger partial charge in [-0.2, -0.15) is 0 Å². The number of rotatable bonds is 4. The highest BCUT2D eigenvalue weighted by Gasteiger charge is 2.26. The fourth-order valence-corrected chi connectivity index (χ4v) is 3.39. The number of para-hydroxylation sites is 2. The molecule has 1 aliphatic rings. The van der Waals surface area contributed by atoms with E-state index in [0.717, 1.165) is 31.1 Å². The van der Waals surface area contributed by atoms with E-state index >= 15 is 0 Å². The van der Waals surface area contributed by atoms with E-state index in [9.17, 15) is 0 Å². The number of hydrogen-bond acceptors (Lipinski definition) is 3. The van der Waals surface area contributed by atoms with Crippen molar-refractivity contribution in [3.8, 4) is 5.75 Å². The summed E-state index contributed by atoms with van der Waals surface area (Å²) >= 11 is 5.58. The molecule has 0 bridgehead atoms. The summed E-state index contributed by atoms with van der Waals surface area (Å²) in [7, 11) is 2.01. The molecule has 1 aliphatic heterocycles. The molecule has 2 aromatic carbocycles. The Kier molecular flexibility index (Phi) is 5.67. The molecular weight excluding hydrogens is 342 g/mol. The van der Waals surface area contributed by atoms with Gasteiger partial charge >= 0.3 is 0 Å². The van der Waals surface area contributed by atoms with Gasteiger partial charge in [-0.1, -0.05) is 18.2 Å². The molecule has 1 N–H and O–H groups in total. The standard InChI is InChI=1S/C21H27N3OS/c1-5-24-14-18(25-20-9-7-6-8-19(20)24)13-23(4)21(26)22-17-11-10-15(2)16(3)12-17/h6-12,18H,5,13-14H2,1-4H3,(H,22,26)/t18-/m1/s1. The summed E-state index contributed by atoms with van der Waals surface area (Å²) in [5.41, 5.74) is 4.73. The molecule has 0 fully saturated rings. The van der Waals surface area contributed by atoms with Crippen LogP contribution >= 0.6 is 12.2 Å². The second-order valence-corrected chi connectivity index (χ2v) is 7.24. The van der Waals surface area contributed by atoms with Gasteiger partial charge in [0.1, 0.15) is 11.9 Å². The minimum Gasteiger partial charge on any atom is -0.485 e. The fraction of sp³-hybridized carbons (Fsp3) is 0.381. The Balaban J connectivity index is 1.63. The van der Waals surface area contributed by atoms with Crippen molar-refractivity contribution in [3.05, 3.63) is 53.6 Å². The number of anilines is 2. The van der Waals surface area contributed by atoms with Crippen molar-refractivity contribution in [2.75, 3.05) is 36.9 Å². The number of nitrogens with one attached hydrogen (secondary N) is 1. The number of likely N-dealkylation sites (N-methyl/N-ethyl adjacent to an activating group) is 2. The van der Waals surface area contributed by atoms with Crippen LogP contribution in [-0.2, 0) is 0 Å². The maximum Gasteiger partial charge on any atom is 0.173 e.